The van der Waals surface area contributed by atoms with Crippen molar-refractivity contribution in [3.8, 4) is 0 Å². The Hall–Kier alpha value is -0.0400. The maximum Gasteiger partial charge on any atom is 0.0887 e. The molecule has 2 aliphatic heterocycles. The van der Waals surface area contributed by atoms with Crippen LogP contribution in [0, 0.1) is 5.92 Å². The third-order valence-corrected chi connectivity index (χ3v) is 4.41. The number of hydrogen-bond donors (Lipinski definition) is 0. The molecule has 2 atom stereocenters. The molecule has 0 aliphatic carbocycles. The fourth-order valence-corrected chi connectivity index (χ4v) is 3.31. The molecule has 0 amide bonds. The van der Waals surface area contributed by atoms with Crippen molar-refractivity contribution >= 4 is 0 Å². The molecular formula is C11H22N+. The molecule has 2 saturated heterocycles. The Morgan fingerprint density at radius 2 is 1.50 bits per heavy atom. The van der Waals surface area contributed by atoms with E-state index in [4.69, 9.17) is 0 Å². The van der Waals surface area contributed by atoms with Crippen LogP contribution in [-0.2, 0) is 0 Å². The molecule has 2 aliphatic rings. The van der Waals surface area contributed by atoms with E-state index in [-0.39, 0.29) is 0 Å². The molecule has 1 nitrogen and oxygen atoms in total. The van der Waals surface area contributed by atoms with Gasteiger partial charge in [-0.2, -0.15) is 0 Å². The minimum Gasteiger partial charge on any atom is -0.321 e. The third-order valence-electron chi connectivity index (χ3n) is 4.41. The second kappa shape index (κ2) is 3.02. The first-order valence-corrected chi connectivity index (χ1v) is 5.60. The Morgan fingerprint density at radius 3 is 2.17 bits per heavy atom. The van der Waals surface area contributed by atoms with E-state index in [1.54, 1.807) is 0 Å². The van der Waals surface area contributed by atoms with Gasteiger partial charge in [-0.3, -0.25) is 0 Å². The van der Waals surface area contributed by atoms with Crippen LogP contribution >= 0.6 is 0 Å². The summed E-state index contributed by atoms with van der Waals surface area (Å²) >= 11 is 0. The summed E-state index contributed by atoms with van der Waals surface area (Å²) in [5.41, 5.74) is 0. The van der Waals surface area contributed by atoms with Gasteiger partial charge < -0.3 is 4.48 Å². The molecule has 2 unspecified atom stereocenters. The molecule has 0 bridgehead atoms. The summed E-state index contributed by atoms with van der Waals surface area (Å²) in [7, 11) is 0. The quantitative estimate of drug-likeness (QED) is 0.487. The number of hydrogen-bond acceptors (Lipinski definition) is 0. The molecule has 1 spiro atoms. The molecule has 2 fully saturated rings. The zero-order chi connectivity index (χ0) is 8.60. The zero-order valence-electron chi connectivity index (χ0n) is 8.55. The zero-order valence-corrected chi connectivity index (χ0v) is 8.55. The summed E-state index contributed by atoms with van der Waals surface area (Å²) in [6.45, 7) is 9.36. The summed E-state index contributed by atoms with van der Waals surface area (Å²) in [5.74, 6) is 0.969. The van der Waals surface area contributed by atoms with Crippen LogP contribution in [0.3, 0.4) is 0 Å². The number of piperidine rings is 1. The molecule has 0 aromatic heterocycles. The SMILES string of the molecule is CC1CCC[N+]2(CCCC2)C1C. The van der Waals surface area contributed by atoms with Crippen molar-refractivity contribution in [3.63, 3.8) is 0 Å². The smallest absolute Gasteiger partial charge is 0.0887 e. The van der Waals surface area contributed by atoms with Gasteiger partial charge in [0.2, 0.25) is 0 Å². The van der Waals surface area contributed by atoms with E-state index in [9.17, 15) is 0 Å². The fraction of sp³-hybridized carbons (Fsp3) is 1.00. The molecule has 0 aromatic carbocycles. The van der Waals surface area contributed by atoms with Gasteiger partial charge in [-0.15, -0.1) is 0 Å². The lowest BCUT2D eigenvalue weighted by Gasteiger charge is -2.46. The monoisotopic (exact) mass is 168 g/mol. The molecule has 12 heavy (non-hydrogen) atoms. The summed E-state index contributed by atoms with van der Waals surface area (Å²) in [5, 5.41) is 0. The van der Waals surface area contributed by atoms with E-state index in [1.807, 2.05) is 0 Å². The van der Waals surface area contributed by atoms with Gasteiger partial charge in [-0.05, 0) is 19.8 Å². The highest BCUT2D eigenvalue weighted by molar-refractivity contribution is 4.72. The first-order chi connectivity index (χ1) is 5.75. The standard InChI is InChI=1S/C11H22N/c1-10-6-5-9-12(11(10)2)7-3-4-8-12/h10-11H,3-9H2,1-2H3/q+1. The van der Waals surface area contributed by atoms with Gasteiger partial charge >= 0.3 is 0 Å². The molecule has 1 heteroatoms. The van der Waals surface area contributed by atoms with Gasteiger partial charge in [0, 0.05) is 18.8 Å². The number of quaternary nitrogens is 1. The average Bonchev–Trinajstić information content (AvgIpc) is 2.50. The van der Waals surface area contributed by atoms with Gasteiger partial charge in [-0.25, -0.2) is 0 Å². The Labute approximate surface area is 76.3 Å². The second-order valence-electron chi connectivity index (χ2n) is 4.96. The van der Waals surface area contributed by atoms with Gasteiger partial charge in [0.1, 0.15) is 0 Å². The van der Waals surface area contributed by atoms with E-state index in [0.717, 1.165) is 12.0 Å². The normalized spacial score (nSPS) is 40.5. The average molecular weight is 168 g/mol. The van der Waals surface area contributed by atoms with Gasteiger partial charge in [-0.1, -0.05) is 6.92 Å². The highest BCUT2D eigenvalue weighted by Crippen LogP contribution is 2.34. The third kappa shape index (κ3) is 1.19. The summed E-state index contributed by atoms with van der Waals surface area (Å²) in [6, 6.07) is 0.946. The van der Waals surface area contributed by atoms with Crippen LogP contribution in [-0.4, -0.2) is 30.2 Å². The van der Waals surface area contributed by atoms with Crippen LogP contribution in [0.5, 0.6) is 0 Å². The van der Waals surface area contributed by atoms with Gasteiger partial charge in [0.15, 0.2) is 0 Å². The predicted octanol–water partition coefficient (Wildman–Crippen LogP) is 2.42. The van der Waals surface area contributed by atoms with Crippen LogP contribution in [0.25, 0.3) is 0 Å². The lowest BCUT2D eigenvalue weighted by Crippen LogP contribution is -2.57. The van der Waals surface area contributed by atoms with Crippen molar-refractivity contribution < 1.29 is 4.48 Å². The lowest BCUT2D eigenvalue weighted by molar-refractivity contribution is -0.947. The highest BCUT2D eigenvalue weighted by atomic mass is 15.4. The van der Waals surface area contributed by atoms with Crippen LogP contribution in [0.2, 0.25) is 0 Å². The molecule has 0 N–H and O–H groups in total. The van der Waals surface area contributed by atoms with Crippen LogP contribution in [0.4, 0.5) is 0 Å². The largest absolute Gasteiger partial charge is 0.321 e. The van der Waals surface area contributed by atoms with E-state index in [0.29, 0.717) is 0 Å². The first kappa shape index (κ1) is 8.55. The lowest BCUT2D eigenvalue weighted by atomic mass is 9.90. The Bertz CT molecular complexity index is 158. The number of rotatable bonds is 0. The first-order valence-electron chi connectivity index (χ1n) is 5.60. The topological polar surface area (TPSA) is 0 Å². The molecule has 0 saturated carbocycles. The predicted molar refractivity (Wildman–Crippen MR) is 52.0 cm³/mol. The van der Waals surface area contributed by atoms with Crippen molar-refractivity contribution in [1.82, 2.24) is 0 Å². The molecule has 0 radical (unpaired) electrons. The maximum absolute atomic E-state index is 2.48. The van der Waals surface area contributed by atoms with E-state index in [1.165, 1.54) is 49.8 Å². The molecule has 70 valence electrons. The Morgan fingerprint density at radius 1 is 0.917 bits per heavy atom. The van der Waals surface area contributed by atoms with Crippen molar-refractivity contribution in [3.05, 3.63) is 0 Å². The fourth-order valence-electron chi connectivity index (χ4n) is 3.31. The van der Waals surface area contributed by atoms with E-state index < -0.39 is 0 Å². The Balaban J connectivity index is 2.11. The van der Waals surface area contributed by atoms with Gasteiger partial charge in [0.25, 0.3) is 0 Å². The second-order valence-corrected chi connectivity index (χ2v) is 4.96. The van der Waals surface area contributed by atoms with Crippen LogP contribution in [0.15, 0.2) is 0 Å². The minimum atomic E-state index is 0.946. The highest BCUT2D eigenvalue weighted by Gasteiger charge is 2.42. The van der Waals surface area contributed by atoms with Gasteiger partial charge in [0.05, 0.1) is 25.7 Å². The van der Waals surface area contributed by atoms with Crippen LogP contribution < -0.4 is 0 Å². The summed E-state index contributed by atoms with van der Waals surface area (Å²) in [6.07, 6.45) is 5.92. The Kier molecular flexibility index (Phi) is 2.16. The molecular weight excluding hydrogens is 146 g/mol. The summed E-state index contributed by atoms with van der Waals surface area (Å²) < 4.78 is 1.47. The van der Waals surface area contributed by atoms with Crippen molar-refractivity contribution in [1.29, 1.82) is 0 Å². The van der Waals surface area contributed by atoms with Crippen molar-refractivity contribution in [2.24, 2.45) is 5.92 Å². The minimum absolute atomic E-state index is 0.946. The maximum atomic E-state index is 2.48. The summed E-state index contributed by atoms with van der Waals surface area (Å²) in [4.78, 5) is 0. The van der Waals surface area contributed by atoms with Crippen molar-refractivity contribution in [2.45, 2.75) is 45.6 Å². The molecule has 2 rings (SSSR count). The molecule has 2 heterocycles. The molecule has 0 aromatic rings. The van der Waals surface area contributed by atoms with E-state index >= 15 is 0 Å². The van der Waals surface area contributed by atoms with Crippen molar-refractivity contribution in [2.75, 3.05) is 19.6 Å². The van der Waals surface area contributed by atoms with E-state index in [2.05, 4.69) is 13.8 Å². The number of nitrogens with zero attached hydrogens (tertiary/aromatic N) is 1. The van der Waals surface area contributed by atoms with Crippen LogP contribution in [0.1, 0.15) is 39.5 Å².